The molecule has 0 bridgehead atoms. The molecule has 0 aliphatic heterocycles. The van der Waals surface area contributed by atoms with Gasteiger partial charge in [0.05, 0.1) is 11.9 Å². The molecule has 25 heavy (non-hydrogen) atoms. The smallest absolute Gasteiger partial charge is 0.433 e. The number of carbonyl (C=O) groups is 1. The Morgan fingerprint density at radius 1 is 1.20 bits per heavy atom. The van der Waals surface area contributed by atoms with Crippen LogP contribution in [0.25, 0.3) is 16.7 Å². The minimum absolute atomic E-state index is 0.0409. The first-order valence-electron chi connectivity index (χ1n) is 6.77. The quantitative estimate of drug-likeness (QED) is 0.732. The van der Waals surface area contributed by atoms with Crippen LogP contribution in [0, 0.1) is 0 Å². The standard InChI is InChI=1S/C15H9F3N4O3/c16-15(17,18)10-3-1-7-5-9(14(24)25)13(23)22(12(7)21-10)8-2-4-11(19)20-6-8/h1-6H,(H2,19,20)(H,24,25). The van der Waals surface area contributed by atoms with E-state index in [0.29, 0.717) is 6.07 Å². The SMILES string of the molecule is Nc1ccc(-n2c(=O)c(C(=O)O)cc3ccc(C(F)(F)F)nc32)cn1. The number of nitrogens with zero attached hydrogens (tertiary/aromatic N) is 3. The van der Waals surface area contributed by atoms with E-state index in [-0.39, 0.29) is 22.5 Å². The molecule has 3 aromatic rings. The van der Waals surface area contributed by atoms with Crippen molar-refractivity contribution in [1.29, 1.82) is 0 Å². The number of rotatable bonds is 2. The summed E-state index contributed by atoms with van der Waals surface area (Å²) in [6.07, 6.45) is -3.58. The van der Waals surface area contributed by atoms with Gasteiger partial charge in [-0.25, -0.2) is 14.8 Å². The number of fused-ring (bicyclic) bond motifs is 1. The Morgan fingerprint density at radius 2 is 1.92 bits per heavy atom. The number of pyridine rings is 3. The molecular formula is C15H9F3N4O3. The van der Waals surface area contributed by atoms with E-state index in [9.17, 15) is 27.9 Å². The number of hydrogen-bond donors (Lipinski definition) is 2. The van der Waals surface area contributed by atoms with Crippen molar-refractivity contribution in [2.75, 3.05) is 5.73 Å². The fourth-order valence-electron chi connectivity index (χ4n) is 2.27. The molecule has 3 heterocycles. The zero-order valence-corrected chi connectivity index (χ0v) is 12.3. The van der Waals surface area contributed by atoms with Crippen molar-refractivity contribution in [3.63, 3.8) is 0 Å². The lowest BCUT2D eigenvalue weighted by Crippen LogP contribution is -2.26. The molecule has 0 atom stereocenters. The van der Waals surface area contributed by atoms with Crippen LogP contribution >= 0.6 is 0 Å². The van der Waals surface area contributed by atoms with Gasteiger partial charge >= 0.3 is 12.1 Å². The van der Waals surface area contributed by atoms with Crippen LogP contribution in [-0.4, -0.2) is 25.6 Å². The third-order valence-electron chi connectivity index (χ3n) is 3.40. The summed E-state index contributed by atoms with van der Waals surface area (Å²) in [4.78, 5) is 31.0. The summed E-state index contributed by atoms with van der Waals surface area (Å²) in [6.45, 7) is 0. The first-order chi connectivity index (χ1) is 11.7. The molecule has 0 aliphatic rings. The topological polar surface area (TPSA) is 111 Å². The van der Waals surface area contributed by atoms with Crippen molar-refractivity contribution in [2.45, 2.75) is 6.18 Å². The molecule has 10 heteroatoms. The number of carboxylic acid groups (broad SMARTS) is 1. The van der Waals surface area contributed by atoms with Crippen LogP contribution in [0.1, 0.15) is 16.1 Å². The normalized spacial score (nSPS) is 11.6. The van der Waals surface area contributed by atoms with Crippen molar-refractivity contribution < 1.29 is 23.1 Å². The zero-order valence-electron chi connectivity index (χ0n) is 12.3. The van der Waals surface area contributed by atoms with E-state index >= 15 is 0 Å². The van der Waals surface area contributed by atoms with Crippen molar-refractivity contribution in [1.82, 2.24) is 14.5 Å². The highest BCUT2D eigenvalue weighted by atomic mass is 19.4. The van der Waals surface area contributed by atoms with Crippen molar-refractivity contribution in [2.24, 2.45) is 0 Å². The monoisotopic (exact) mass is 350 g/mol. The third kappa shape index (κ3) is 2.89. The van der Waals surface area contributed by atoms with Gasteiger partial charge in [-0.05, 0) is 30.3 Å². The number of nitrogens with two attached hydrogens (primary N) is 1. The second-order valence-electron chi connectivity index (χ2n) is 5.05. The van der Waals surface area contributed by atoms with Gasteiger partial charge in [0.25, 0.3) is 5.56 Å². The van der Waals surface area contributed by atoms with Crippen LogP contribution in [0.3, 0.4) is 0 Å². The van der Waals surface area contributed by atoms with Crippen LogP contribution in [0.4, 0.5) is 19.0 Å². The van der Waals surface area contributed by atoms with Crippen LogP contribution in [0.5, 0.6) is 0 Å². The lowest BCUT2D eigenvalue weighted by Gasteiger charge is -2.13. The van der Waals surface area contributed by atoms with Crippen molar-refractivity contribution in [3.05, 3.63) is 58.1 Å². The predicted octanol–water partition coefficient (Wildman–Crippen LogP) is 2.08. The number of carboxylic acids is 1. The van der Waals surface area contributed by atoms with Gasteiger partial charge < -0.3 is 10.8 Å². The lowest BCUT2D eigenvalue weighted by molar-refractivity contribution is -0.141. The molecule has 0 saturated heterocycles. The summed E-state index contributed by atoms with van der Waals surface area (Å²) >= 11 is 0. The van der Waals surface area contributed by atoms with Gasteiger partial charge in [-0.2, -0.15) is 13.2 Å². The first kappa shape index (κ1) is 16.4. The fourth-order valence-corrected chi connectivity index (χ4v) is 2.27. The first-order valence-corrected chi connectivity index (χ1v) is 6.77. The predicted molar refractivity (Wildman–Crippen MR) is 81.5 cm³/mol. The average Bonchev–Trinajstić information content (AvgIpc) is 2.54. The molecule has 128 valence electrons. The Morgan fingerprint density at radius 3 is 2.48 bits per heavy atom. The molecule has 0 aromatic carbocycles. The van der Waals surface area contributed by atoms with E-state index in [4.69, 9.17) is 5.73 Å². The molecule has 0 spiro atoms. The Bertz CT molecular complexity index is 1040. The van der Waals surface area contributed by atoms with Gasteiger partial charge in [-0.3, -0.25) is 9.36 Å². The van der Waals surface area contributed by atoms with E-state index in [1.54, 1.807) is 0 Å². The second-order valence-corrected chi connectivity index (χ2v) is 5.05. The number of aromatic nitrogens is 3. The Kier molecular flexibility index (Phi) is 3.67. The molecule has 3 aromatic heterocycles. The van der Waals surface area contributed by atoms with E-state index in [0.717, 1.165) is 22.9 Å². The molecule has 3 N–H and O–H groups in total. The molecule has 0 radical (unpaired) electrons. The number of halogens is 3. The van der Waals surface area contributed by atoms with Gasteiger partial charge in [0.1, 0.15) is 22.7 Å². The number of nitrogen functional groups attached to an aromatic ring is 1. The molecule has 3 rings (SSSR count). The number of aromatic carboxylic acids is 1. The van der Waals surface area contributed by atoms with E-state index in [1.165, 1.54) is 12.1 Å². The maximum atomic E-state index is 12.9. The minimum Gasteiger partial charge on any atom is -0.477 e. The summed E-state index contributed by atoms with van der Waals surface area (Å²) in [5, 5.41) is 9.23. The van der Waals surface area contributed by atoms with Crippen LogP contribution in [0.2, 0.25) is 0 Å². The Labute approximate surface area is 137 Å². The summed E-state index contributed by atoms with van der Waals surface area (Å²) in [5.74, 6) is -1.39. The Hall–Kier alpha value is -3.43. The highest BCUT2D eigenvalue weighted by Crippen LogP contribution is 2.29. The van der Waals surface area contributed by atoms with Crippen molar-refractivity contribution in [3.8, 4) is 5.69 Å². The van der Waals surface area contributed by atoms with Gasteiger partial charge in [0.2, 0.25) is 0 Å². The summed E-state index contributed by atoms with van der Waals surface area (Å²) in [6, 6.07) is 5.40. The maximum absolute atomic E-state index is 12.9. The lowest BCUT2D eigenvalue weighted by atomic mass is 10.1. The van der Waals surface area contributed by atoms with Crippen LogP contribution < -0.4 is 11.3 Å². The van der Waals surface area contributed by atoms with E-state index in [2.05, 4.69) is 9.97 Å². The Balaban J connectivity index is 2.44. The number of anilines is 1. The largest absolute Gasteiger partial charge is 0.477 e. The van der Waals surface area contributed by atoms with Gasteiger partial charge in [-0.1, -0.05) is 0 Å². The molecular weight excluding hydrogens is 341 g/mol. The molecule has 0 fully saturated rings. The van der Waals surface area contributed by atoms with Gasteiger partial charge in [0.15, 0.2) is 0 Å². The summed E-state index contributed by atoms with van der Waals surface area (Å²) in [5.41, 5.74) is 2.32. The maximum Gasteiger partial charge on any atom is 0.433 e. The molecule has 7 nitrogen and oxygen atoms in total. The second kappa shape index (κ2) is 5.58. The van der Waals surface area contributed by atoms with Gasteiger partial charge in [0, 0.05) is 5.39 Å². The minimum atomic E-state index is -4.72. The highest BCUT2D eigenvalue weighted by molar-refractivity contribution is 5.92. The average molecular weight is 350 g/mol. The highest BCUT2D eigenvalue weighted by Gasteiger charge is 2.33. The molecule has 0 amide bonds. The number of hydrogen-bond acceptors (Lipinski definition) is 5. The molecule has 0 saturated carbocycles. The zero-order chi connectivity index (χ0) is 18.4. The molecule has 0 aliphatic carbocycles. The summed E-state index contributed by atoms with van der Waals surface area (Å²) < 4.78 is 39.6. The van der Waals surface area contributed by atoms with Crippen LogP contribution in [-0.2, 0) is 6.18 Å². The fraction of sp³-hybridized carbons (Fsp3) is 0.0667. The van der Waals surface area contributed by atoms with E-state index in [1.807, 2.05) is 0 Å². The van der Waals surface area contributed by atoms with Gasteiger partial charge in [-0.15, -0.1) is 0 Å². The van der Waals surface area contributed by atoms with Crippen molar-refractivity contribution >= 4 is 22.8 Å². The van der Waals surface area contributed by atoms with Crippen LogP contribution in [0.15, 0.2) is 41.3 Å². The van der Waals surface area contributed by atoms with E-state index < -0.39 is 29.0 Å². The third-order valence-corrected chi connectivity index (χ3v) is 3.40. The molecule has 0 unspecified atom stereocenters. The number of alkyl halides is 3. The summed E-state index contributed by atoms with van der Waals surface area (Å²) in [7, 11) is 0.